The highest BCUT2D eigenvalue weighted by Gasteiger charge is 2.29. The van der Waals surface area contributed by atoms with Crippen molar-refractivity contribution in [3.8, 4) is 0 Å². The molecule has 0 saturated heterocycles. The van der Waals surface area contributed by atoms with E-state index in [1.165, 1.54) is 0 Å². The third kappa shape index (κ3) is 7.66. The Bertz CT molecular complexity index is 458. The first-order valence-electron chi connectivity index (χ1n) is 7.01. The Morgan fingerprint density at radius 3 is 1.82 bits per heavy atom. The van der Waals surface area contributed by atoms with Crippen LogP contribution >= 0.6 is 0 Å². The van der Waals surface area contributed by atoms with Crippen molar-refractivity contribution in [3.05, 3.63) is 12.3 Å². The Labute approximate surface area is 131 Å². The molecule has 7 heteroatoms. The molecule has 0 unspecified atom stereocenters. The number of ketones is 1. The van der Waals surface area contributed by atoms with Crippen molar-refractivity contribution in [3.63, 3.8) is 0 Å². The van der Waals surface area contributed by atoms with Crippen LogP contribution < -0.4 is 5.43 Å². The molecular weight excluding hydrogens is 288 g/mol. The van der Waals surface area contributed by atoms with Crippen LogP contribution in [0.15, 0.2) is 12.3 Å². The maximum atomic E-state index is 12.1. The highest BCUT2D eigenvalue weighted by molar-refractivity contribution is 5.97. The molecule has 0 heterocycles. The number of rotatable bonds is 3. The summed E-state index contributed by atoms with van der Waals surface area (Å²) >= 11 is 0. The molecule has 0 saturated carbocycles. The second-order valence-electron chi connectivity index (χ2n) is 6.65. The summed E-state index contributed by atoms with van der Waals surface area (Å²) < 4.78 is 10.2. The van der Waals surface area contributed by atoms with Crippen LogP contribution in [0.25, 0.3) is 0 Å². The molecule has 7 nitrogen and oxygen atoms in total. The molecule has 126 valence electrons. The summed E-state index contributed by atoms with van der Waals surface area (Å²) in [6, 6.07) is 0. The average Bonchev–Trinajstić information content (AvgIpc) is 2.29. The molecule has 22 heavy (non-hydrogen) atoms. The van der Waals surface area contributed by atoms with Crippen molar-refractivity contribution in [1.29, 1.82) is 0 Å². The van der Waals surface area contributed by atoms with Gasteiger partial charge in [0.2, 0.25) is 0 Å². The summed E-state index contributed by atoms with van der Waals surface area (Å²) in [7, 11) is 0. The number of Topliss-reactive ketones (excluding diaryl/α,β-unsaturated/α-hetero) is 1. The summed E-state index contributed by atoms with van der Waals surface area (Å²) in [4.78, 5) is 35.7. The third-order valence-electron chi connectivity index (χ3n) is 2.09. The number of nitrogens with one attached hydrogen (secondary N) is 1. The number of hydrogen-bond donors (Lipinski definition) is 1. The van der Waals surface area contributed by atoms with E-state index in [0.717, 1.165) is 0 Å². The molecule has 0 aromatic rings. The number of allylic oxidation sites excluding steroid dienone is 1. The van der Waals surface area contributed by atoms with Crippen molar-refractivity contribution in [2.45, 2.75) is 66.1 Å². The van der Waals surface area contributed by atoms with E-state index in [2.05, 4.69) is 12.0 Å². The van der Waals surface area contributed by atoms with Gasteiger partial charge in [-0.05, 0) is 41.5 Å². The fourth-order valence-electron chi connectivity index (χ4n) is 1.25. The van der Waals surface area contributed by atoms with Crippen LogP contribution in [0.1, 0.15) is 54.9 Å². The molecule has 0 aromatic carbocycles. The van der Waals surface area contributed by atoms with Gasteiger partial charge in [-0.3, -0.25) is 4.79 Å². The number of hydrazine groups is 1. The fourth-order valence-corrected chi connectivity index (χ4v) is 1.25. The highest BCUT2D eigenvalue weighted by Crippen LogP contribution is 2.14. The second-order valence-corrected chi connectivity index (χ2v) is 6.65. The van der Waals surface area contributed by atoms with Crippen LogP contribution in [0.4, 0.5) is 9.59 Å². The molecule has 0 fully saturated rings. The molecular formula is C15H26N2O5. The molecule has 0 aliphatic carbocycles. The van der Waals surface area contributed by atoms with E-state index in [0.29, 0.717) is 5.01 Å². The normalized spacial score (nSPS) is 11.4. The summed E-state index contributed by atoms with van der Waals surface area (Å²) in [5.74, 6) is -0.401. The Hall–Kier alpha value is -2.05. The largest absolute Gasteiger partial charge is 0.443 e. The molecule has 0 rings (SSSR count). The van der Waals surface area contributed by atoms with Crippen molar-refractivity contribution >= 4 is 18.0 Å². The van der Waals surface area contributed by atoms with E-state index in [4.69, 9.17) is 9.47 Å². The van der Waals surface area contributed by atoms with E-state index < -0.39 is 29.2 Å². The van der Waals surface area contributed by atoms with Gasteiger partial charge in [0.1, 0.15) is 16.9 Å². The fraction of sp³-hybridized carbons (Fsp3) is 0.667. The van der Waals surface area contributed by atoms with E-state index in [9.17, 15) is 14.4 Å². The molecule has 2 amide bonds. The van der Waals surface area contributed by atoms with Crippen LogP contribution in [0.2, 0.25) is 0 Å². The number of hydrogen-bond acceptors (Lipinski definition) is 5. The Kier molecular flexibility index (Phi) is 6.61. The van der Waals surface area contributed by atoms with Gasteiger partial charge in [0, 0.05) is 6.42 Å². The van der Waals surface area contributed by atoms with Gasteiger partial charge in [-0.15, -0.1) is 0 Å². The number of nitrogens with zero attached hydrogens (tertiary/aromatic N) is 1. The van der Waals surface area contributed by atoms with Crippen molar-refractivity contribution in [2.75, 3.05) is 0 Å². The molecule has 0 atom stereocenters. The van der Waals surface area contributed by atoms with Crippen LogP contribution in [0.5, 0.6) is 0 Å². The van der Waals surface area contributed by atoms with Gasteiger partial charge in [0.05, 0.1) is 0 Å². The quantitative estimate of drug-likeness (QED) is 0.639. The first-order valence-corrected chi connectivity index (χ1v) is 7.01. The van der Waals surface area contributed by atoms with Gasteiger partial charge < -0.3 is 9.47 Å². The lowest BCUT2D eigenvalue weighted by molar-refractivity contribution is -0.117. The van der Waals surface area contributed by atoms with Crippen LogP contribution in [-0.4, -0.2) is 34.2 Å². The zero-order valence-electron chi connectivity index (χ0n) is 14.4. The molecule has 0 aliphatic rings. The molecule has 1 N–H and O–H groups in total. The number of carbonyl (C=O) groups is 3. The predicted octanol–water partition coefficient (Wildman–Crippen LogP) is 3.16. The minimum Gasteiger partial charge on any atom is -0.443 e. The molecule has 0 bridgehead atoms. The minimum atomic E-state index is -0.912. The van der Waals surface area contributed by atoms with Gasteiger partial charge in [-0.25, -0.2) is 15.0 Å². The summed E-state index contributed by atoms with van der Waals surface area (Å²) in [5, 5.41) is 0.672. The Balaban J connectivity index is 5.18. The summed E-state index contributed by atoms with van der Waals surface area (Å²) in [6.45, 7) is 15.2. The lowest BCUT2D eigenvalue weighted by Crippen LogP contribution is -2.50. The number of ether oxygens (including phenoxy) is 2. The summed E-state index contributed by atoms with van der Waals surface area (Å²) in [6.07, 6.45) is -1.66. The minimum absolute atomic E-state index is 0.133. The van der Waals surface area contributed by atoms with Gasteiger partial charge in [-0.2, -0.15) is 5.01 Å². The zero-order valence-corrected chi connectivity index (χ0v) is 14.4. The van der Waals surface area contributed by atoms with E-state index in [1.54, 1.807) is 48.5 Å². The smallest absolute Gasteiger partial charge is 0.434 e. The Morgan fingerprint density at radius 2 is 1.45 bits per heavy atom. The van der Waals surface area contributed by atoms with Crippen LogP contribution in [0.3, 0.4) is 0 Å². The Morgan fingerprint density at radius 1 is 1.00 bits per heavy atom. The number of carbonyl (C=O) groups excluding carboxylic acids is 3. The average molecular weight is 314 g/mol. The molecule has 0 radical (unpaired) electrons. The SMILES string of the molecule is C=C(C(=O)CC)N(NC(=O)OC(C)(C)C)C(=O)OC(C)(C)C. The van der Waals surface area contributed by atoms with E-state index in [1.807, 2.05) is 0 Å². The van der Waals surface area contributed by atoms with E-state index in [-0.39, 0.29) is 12.1 Å². The van der Waals surface area contributed by atoms with Gasteiger partial charge in [0.25, 0.3) is 0 Å². The van der Waals surface area contributed by atoms with Crippen molar-refractivity contribution in [1.82, 2.24) is 10.4 Å². The maximum absolute atomic E-state index is 12.1. The predicted molar refractivity (Wildman–Crippen MR) is 81.9 cm³/mol. The molecule has 0 aliphatic heterocycles. The lowest BCUT2D eigenvalue weighted by Gasteiger charge is -2.29. The van der Waals surface area contributed by atoms with Gasteiger partial charge in [0.15, 0.2) is 5.78 Å². The zero-order chi connectivity index (χ0) is 17.7. The van der Waals surface area contributed by atoms with Gasteiger partial charge in [-0.1, -0.05) is 13.5 Å². The van der Waals surface area contributed by atoms with Crippen LogP contribution in [0, 0.1) is 0 Å². The lowest BCUT2D eigenvalue weighted by atomic mass is 10.2. The monoisotopic (exact) mass is 314 g/mol. The standard InChI is InChI=1S/C15H26N2O5/c1-9-11(18)10(2)17(13(20)22-15(6,7)8)16-12(19)21-14(3,4)5/h2,9H2,1,3-8H3,(H,16,19). The third-order valence-corrected chi connectivity index (χ3v) is 2.09. The first kappa shape index (κ1) is 19.9. The first-order chi connectivity index (χ1) is 9.76. The highest BCUT2D eigenvalue weighted by atomic mass is 16.6. The van der Waals surface area contributed by atoms with Gasteiger partial charge >= 0.3 is 12.2 Å². The molecule has 0 spiro atoms. The van der Waals surface area contributed by atoms with Crippen molar-refractivity contribution < 1.29 is 23.9 Å². The number of amides is 2. The van der Waals surface area contributed by atoms with Crippen LogP contribution in [-0.2, 0) is 14.3 Å². The maximum Gasteiger partial charge on any atom is 0.434 e. The van der Waals surface area contributed by atoms with E-state index >= 15 is 0 Å². The summed E-state index contributed by atoms with van der Waals surface area (Å²) in [5.41, 5.74) is 0.455. The van der Waals surface area contributed by atoms with Crippen molar-refractivity contribution in [2.24, 2.45) is 0 Å². The molecule has 0 aromatic heterocycles. The second kappa shape index (κ2) is 7.29. The topological polar surface area (TPSA) is 84.9 Å².